The van der Waals surface area contributed by atoms with E-state index in [4.69, 9.17) is 0 Å². The zero-order valence-corrected chi connectivity index (χ0v) is 13.8. The number of aromatic nitrogens is 3. The molecule has 0 aliphatic rings. The summed E-state index contributed by atoms with van der Waals surface area (Å²) in [5.41, 5.74) is -0.101. The maximum Gasteiger partial charge on any atom is 0.296 e. The number of halogens is 1. The van der Waals surface area contributed by atoms with Crippen molar-refractivity contribution in [3.8, 4) is 17.3 Å². The Hall–Kier alpha value is -3.55. The molecule has 2 heterocycles. The molecule has 0 unspecified atom stereocenters. The van der Waals surface area contributed by atoms with E-state index in [2.05, 4.69) is 15.3 Å². The Balaban J connectivity index is 1.91. The molecule has 3 aromatic rings. The van der Waals surface area contributed by atoms with Crippen LogP contribution in [0.4, 0.5) is 4.39 Å². The minimum Gasteiger partial charge on any atom is -0.501 e. The van der Waals surface area contributed by atoms with E-state index < -0.39 is 22.9 Å². The SMILES string of the molecule is Cn1c(-c2ccccn2)nc(C(=O)NCc2ccc(F)cc2)c(O)c1=O. The molecule has 1 amide bonds. The molecule has 0 spiro atoms. The van der Waals surface area contributed by atoms with Crippen LogP contribution in [0.3, 0.4) is 0 Å². The van der Waals surface area contributed by atoms with Gasteiger partial charge in [0.05, 0.1) is 0 Å². The summed E-state index contributed by atoms with van der Waals surface area (Å²) in [5.74, 6) is -1.70. The second kappa shape index (κ2) is 7.14. The predicted molar refractivity (Wildman–Crippen MR) is 91.9 cm³/mol. The molecule has 0 saturated carbocycles. The fourth-order valence-electron chi connectivity index (χ4n) is 2.34. The molecular weight excluding hydrogens is 339 g/mol. The van der Waals surface area contributed by atoms with Gasteiger partial charge in [0, 0.05) is 19.8 Å². The van der Waals surface area contributed by atoms with Crippen LogP contribution in [-0.4, -0.2) is 25.5 Å². The second-order valence-electron chi connectivity index (χ2n) is 5.52. The Morgan fingerprint density at radius 1 is 1.23 bits per heavy atom. The van der Waals surface area contributed by atoms with Gasteiger partial charge in [0.25, 0.3) is 11.5 Å². The van der Waals surface area contributed by atoms with Crippen molar-refractivity contribution in [1.29, 1.82) is 0 Å². The molecule has 132 valence electrons. The first-order valence-corrected chi connectivity index (χ1v) is 7.71. The van der Waals surface area contributed by atoms with Crippen LogP contribution in [0.1, 0.15) is 16.1 Å². The highest BCUT2D eigenvalue weighted by atomic mass is 19.1. The number of nitrogens with zero attached hydrogens (tertiary/aromatic N) is 3. The number of carbonyl (C=O) groups excluding carboxylic acids is 1. The van der Waals surface area contributed by atoms with Crippen LogP contribution in [0, 0.1) is 5.82 Å². The van der Waals surface area contributed by atoms with Crippen LogP contribution >= 0.6 is 0 Å². The van der Waals surface area contributed by atoms with E-state index in [-0.39, 0.29) is 18.2 Å². The molecule has 0 aliphatic carbocycles. The smallest absolute Gasteiger partial charge is 0.296 e. The van der Waals surface area contributed by atoms with Crippen molar-refractivity contribution in [2.45, 2.75) is 6.54 Å². The van der Waals surface area contributed by atoms with E-state index in [0.29, 0.717) is 11.3 Å². The van der Waals surface area contributed by atoms with E-state index in [1.165, 1.54) is 37.5 Å². The molecule has 0 saturated heterocycles. The lowest BCUT2D eigenvalue weighted by atomic mass is 10.2. The number of hydrogen-bond donors (Lipinski definition) is 2. The molecule has 0 fully saturated rings. The number of amides is 1. The average Bonchev–Trinajstić information content (AvgIpc) is 2.66. The van der Waals surface area contributed by atoms with E-state index >= 15 is 0 Å². The summed E-state index contributed by atoms with van der Waals surface area (Å²) in [6, 6.07) is 10.6. The Bertz CT molecular complexity index is 1000. The van der Waals surface area contributed by atoms with Crippen molar-refractivity contribution in [2.24, 2.45) is 7.05 Å². The third-order valence-corrected chi connectivity index (χ3v) is 3.74. The van der Waals surface area contributed by atoms with Gasteiger partial charge in [-0.15, -0.1) is 0 Å². The van der Waals surface area contributed by atoms with E-state index in [1.807, 2.05) is 0 Å². The summed E-state index contributed by atoms with van der Waals surface area (Å²) >= 11 is 0. The van der Waals surface area contributed by atoms with Gasteiger partial charge in [-0.05, 0) is 29.8 Å². The zero-order valence-electron chi connectivity index (χ0n) is 13.8. The fraction of sp³-hybridized carbons (Fsp3) is 0.111. The molecule has 0 atom stereocenters. The monoisotopic (exact) mass is 354 g/mol. The minimum absolute atomic E-state index is 0.0916. The highest BCUT2D eigenvalue weighted by molar-refractivity contribution is 5.95. The van der Waals surface area contributed by atoms with Crippen LogP contribution in [0.15, 0.2) is 53.5 Å². The molecule has 1 aromatic carbocycles. The Morgan fingerprint density at radius 3 is 2.62 bits per heavy atom. The number of nitrogens with one attached hydrogen (secondary N) is 1. The Morgan fingerprint density at radius 2 is 1.96 bits per heavy atom. The van der Waals surface area contributed by atoms with Gasteiger partial charge in [-0.3, -0.25) is 19.1 Å². The third-order valence-electron chi connectivity index (χ3n) is 3.74. The summed E-state index contributed by atoms with van der Waals surface area (Å²) in [7, 11) is 1.43. The molecule has 0 radical (unpaired) electrons. The highest BCUT2D eigenvalue weighted by Crippen LogP contribution is 2.16. The topological polar surface area (TPSA) is 97.1 Å². The molecule has 0 bridgehead atoms. The number of carbonyl (C=O) groups is 1. The van der Waals surface area contributed by atoms with Gasteiger partial charge < -0.3 is 10.4 Å². The van der Waals surface area contributed by atoms with Crippen molar-refractivity contribution in [3.63, 3.8) is 0 Å². The van der Waals surface area contributed by atoms with Crippen LogP contribution < -0.4 is 10.9 Å². The van der Waals surface area contributed by atoms with Gasteiger partial charge in [0.1, 0.15) is 11.5 Å². The number of aromatic hydroxyl groups is 1. The lowest BCUT2D eigenvalue weighted by molar-refractivity contribution is 0.0942. The fourth-order valence-corrected chi connectivity index (χ4v) is 2.34. The molecular formula is C18H15FN4O3. The van der Waals surface area contributed by atoms with E-state index in [1.54, 1.807) is 18.2 Å². The van der Waals surface area contributed by atoms with Crippen molar-refractivity contribution in [2.75, 3.05) is 0 Å². The quantitative estimate of drug-likeness (QED) is 0.742. The number of rotatable bonds is 4. The standard InChI is InChI=1S/C18H15FN4O3/c1-23-16(13-4-2-3-9-20-13)22-14(15(24)18(23)26)17(25)21-10-11-5-7-12(19)8-6-11/h2-9,24H,10H2,1H3,(H,21,25). The van der Waals surface area contributed by atoms with Crippen molar-refractivity contribution < 1.29 is 14.3 Å². The number of hydrogen-bond acceptors (Lipinski definition) is 5. The summed E-state index contributed by atoms with van der Waals surface area (Å²) in [4.78, 5) is 32.8. The molecule has 7 nitrogen and oxygen atoms in total. The second-order valence-corrected chi connectivity index (χ2v) is 5.52. The van der Waals surface area contributed by atoms with Gasteiger partial charge in [-0.2, -0.15) is 0 Å². The van der Waals surface area contributed by atoms with Gasteiger partial charge >= 0.3 is 0 Å². The number of pyridine rings is 1. The number of benzene rings is 1. The molecule has 3 rings (SSSR count). The molecule has 8 heteroatoms. The third kappa shape index (κ3) is 3.44. The Labute approximate surface area is 147 Å². The lowest BCUT2D eigenvalue weighted by Gasteiger charge is -2.11. The maximum atomic E-state index is 12.9. The van der Waals surface area contributed by atoms with E-state index in [9.17, 15) is 19.1 Å². The van der Waals surface area contributed by atoms with Crippen molar-refractivity contribution in [3.05, 3.63) is 76.1 Å². The highest BCUT2D eigenvalue weighted by Gasteiger charge is 2.21. The van der Waals surface area contributed by atoms with Crippen molar-refractivity contribution >= 4 is 5.91 Å². The van der Waals surface area contributed by atoms with Crippen LogP contribution in [-0.2, 0) is 13.6 Å². The van der Waals surface area contributed by atoms with Gasteiger partial charge in [0.2, 0.25) is 5.75 Å². The molecule has 26 heavy (non-hydrogen) atoms. The average molecular weight is 354 g/mol. The van der Waals surface area contributed by atoms with Crippen LogP contribution in [0.5, 0.6) is 5.75 Å². The van der Waals surface area contributed by atoms with Crippen LogP contribution in [0.25, 0.3) is 11.5 Å². The first kappa shape index (κ1) is 17.3. The maximum absolute atomic E-state index is 12.9. The summed E-state index contributed by atoms with van der Waals surface area (Å²) in [5, 5.41) is 12.6. The van der Waals surface area contributed by atoms with Crippen molar-refractivity contribution in [1.82, 2.24) is 19.9 Å². The molecule has 2 aromatic heterocycles. The van der Waals surface area contributed by atoms with Gasteiger partial charge in [0.15, 0.2) is 11.5 Å². The van der Waals surface area contributed by atoms with Gasteiger partial charge in [-0.25, -0.2) is 9.37 Å². The Kier molecular flexibility index (Phi) is 4.74. The largest absolute Gasteiger partial charge is 0.501 e. The minimum atomic E-state index is -0.757. The van der Waals surface area contributed by atoms with Crippen LogP contribution in [0.2, 0.25) is 0 Å². The summed E-state index contributed by atoms with van der Waals surface area (Å²) in [6.07, 6.45) is 1.53. The predicted octanol–water partition coefficient (Wildman–Crippen LogP) is 1.62. The lowest BCUT2D eigenvalue weighted by Crippen LogP contribution is -2.29. The first-order chi connectivity index (χ1) is 12.5. The zero-order chi connectivity index (χ0) is 18.7. The molecule has 0 aliphatic heterocycles. The summed E-state index contributed by atoms with van der Waals surface area (Å²) in [6.45, 7) is 0.0916. The summed E-state index contributed by atoms with van der Waals surface area (Å²) < 4.78 is 14.0. The first-order valence-electron chi connectivity index (χ1n) is 7.71. The van der Waals surface area contributed by atoms with Gasteiger partial charge in [-0.1, -0.05) is 18.2 Å². The normalized spacial score (nSPS) is 10.5. The molecule has 2 N–H and O–H groups in total. The van der Waals surface area contributed by atoms with E-state index in [0.717, 1.165) is 4.57 Å².